The first-order valence-electron chi connectivity index (χ1n) is 13.1. The van der Waals surface area contributed by atoms with E-state index in [-0.39, 0.29) is 11.8 Å². The minimum Gasteiger partial charge on any atom is -0.385 e. The second kappa shape index (κ2) is 15.3. The molecular formula is C32H35ClN4O2. The van der Waals surface area contributed by atoms with E-state index in [9.17, 15) is 9.59 Å². The van der Waals surface area contributed by atoms with E-state index in [1.54, 1.807) is 12.1 Å². The van der Waals surface area contributed by atoms with E-state index >= 15 is 0 Å². The maximum atomic E-state index is 12.3. The minimum atomic E-state index is -0.196. The highest BCUT2D eigenvalue weighted by Crippen LogP contribution is 2.15. The fraction of sp³-hybridized carbons (Fsp3) is 0.219. The number of carbonyl (C=O) groups excluding carboxylic acids is 2. The summed E-state index contributed by atoms with van der Waals surface area (Å²) >= 11 is 5.65. The molecule has 1 aromatic heterocycles. The van der Waals surface area contributed by atoms with E-state index in [0.717, 1.165) is 35.6 Å². The van der Waals surface area contributed by atoms with Crippen LogP contribution < -0.4 is 16.0 Å². The summed E-state index contributed by atoms with van der Waals surface area (Å²) in [6.45, 7) is 7.15. The maximum Gasteiger partial charge on any atom is 0.257 e. The first-order valence-corrected chi connectivity index (χ1v) is 13.4. The number of rotatable bonds is 9. The molecule has 0 aliphatic rings. The SMILES string of the molecule is CCCCCNc1cccc(C(=O)Nc2ccc(C)cc2)c1.Cc1ccc(NC(=O)c2ccc(Cl)nc2)cc1. The summed E-state index contributed by atoms with van der Waals surface area (Å²) in [5.74, 6) is -0.279. The standard InChI is InChI=1S/C19H24N2O.C13H11ClN2O/c1-3-4-5-13-20-18-8-6-7-16(14-18)19(22)21-17-11-9-15(2)10-12-17;1-9-2-5-11(6-3-9)16-13(17)10-4-7-12(14)15-8-10/h6-12,14,20H,3-5,13H2,1-2H3,(H,21,22);2-8H,1H3,(H,16,17). The first-order chi connectivity index (χ1) is 18.8. The number of unbranched alkanes of at least 4 members (excludes halogenated alkanes) is 2. The smallest absolute Gasteiger partial charge is 0.257 e. The average molecular weight is 543 g/mol. The lowest BCUT2D eigenvalue weighted by atomic mass is 10.1. The fourth-order valence-corrected chi connectivity index (χ4v) is 3.68. The molecule has 3 aromatic carbocycles. The Morgan fingerprint density at radius 3 is 1.85 bits per heavy atom. The van der Waals surface area contributed by atoms with Crippen LogP contribution in [0.15, 0.2) is 91.1 Å². The normalized spacial score (nSPS) is 10.2. The van der Waals surface area contributed by atoms with E-state index in [4.69, 9.17) is 11.6 Å². The Kier molecular flexibility index (Phi) is 11.5. The molecule has 0 bridgehead atoms. The van der Waals surface area contributed by atoms with Crippen molar-refractivity contribution < 1.29 is 9.59 Å². The number of pyridine rings is 1. The number of hydrogen-bond acceptors (Lipinski definition) is 4. The van der Waals surface area contributed by atoms with Crippen molar-refractivity contribution in [1.29, 1.82) is 0 Å². The molecule has 7 heteroatoms. The second-order valence-electron chi connectivity index (χ2n) is 9.22. The Bertz CT molecular complexity index is 1340. The number of hydrogen-bond donors (Lipinski definition) is 3. The van der Waals surface area contributed by atoms with Gasteiger partial charge in [0, 0.05) is 35.4 Å². The third-order valence-corrected chi connectivity index (χ3v) is 6.07. The van der Waals surface area contributed by atoms with Gasteiger partial charge in [-0.2, -0.15) is 0 Å². The van der Waals surface area contributed by atoms with Gasteiger partial charge in [0.25, 0.3) is 11.8 Å². The van der Waals surface area contributed by atoms with Gasteiger partial charge in [-0.25, -0.2) is 4.98 Å². The highest BCUT2D eigenvalue weighted by atomic mass is 35.5. The zero-order valence-electron chi connectivity index (χ0n) is 22.6. The van der Waals surface area contributed by atoms with Crippen LogP contribution in [0.3, 0.4) is 0 Å². The van der Waals surface area contributed by atoms with Crippen LogP contribution in [-0.4, -0.2) is 23.3 Å². The van der Waals surface area contributed by atoms with Crippen LogP contribution in [0, 0.1) is 13.8 Å². The number of halogens is 1. The lowest BCUT2D eigenvalue weighted by Gasteiger charge is -2.09. The topological polar surface area (TPSA) is 83.1 Å². The zero-order valence-corrected chi connectivity index (χ0v) is 23.4. The van der Waals surface area contributed by atoms with Crippen LogP contribution in [0.2, 0.25) is 5.15 Å². The van der Waals surface area contributed by atoms with Crippen LogP contribution in [0.5, 0.6) is 0 Å². The van der Waals surface area contributed by atoms with Gasteiger partial charge in [0.2, 0.25) is 0 Å². The van der Waals surface area contributed by atoms with Crippen LogP contribution in [0.4, 0.5) is 17.1 Å². The maximum absolute atomic E-state index is 12.3. The summed E-state index contributed by atoms with van der Waals surface area (Å²) in [4.78, 5) is 28.0. The fourth-order valence-electron chi connectivity index (χ4n) is 3.57. The quantitative estimate of drug-likeness (QED) is 0.147. The lowest BCUT2D eigenvalue weighted by Crippen LogP contribution is -2.12. The van der Waals surface area contributed by atoms with Crippen molar-refractivity contribution >= 4 is 40.5 Å². The first kappa shape index (κ1) is 29.4. The van der Waals surface area contributed by atoms with Crippen molar-refractivity contribution in [2.75, 3.05) is 22.5 Å². The molecule has 3 N–H and O–H groups in total. The molecule has 202 valence electrons. The van der Waals surface area contributed by atoms with Gasteiger partial charge < -0.3 is 16.0 Å². The largest absolute Gasteiger partial charge is 0.385 e. The van der Waals surface area contributed by atoms with E-state index in [1.807, 2.05) is 86.6 Å². The summed E-state index contributed by atoms with van der Waals surface area (Å²) in [5.41, 5.74) is 6.04. The van der Waals surface area contributed by atoms with Crippen molar-refractivity contribution in [2.24, 2.45) is 0 Å². The molecule has 0 atom stereocenters. The monoisotopic (exact) mass is 542 g/mol. The molecule has 0 spiro atoms. The summed E-state index contributed by atoms with van der Waals surface area (Å²) in [7, 11) is 0. The third-order valence-electron chi connectivity index (χ3n) is 5.84. The van der Waals surface area contributed by atoms with Crippen LogP contribution in [-0.2, 0) is 0 Å². The summed E-state index contributed by atoms with van der Waals surface area (Å²) in [5, 5.41) is 9.44. The van der Waals surface area contributed by atoms with E-state index in [1.165, 1.54) is 24.6 Å². The molecule has 4 aromatic rings. The molecule has 0 saturated carbocycles. The van der Waals surface area contributed by atoms with E-state index in [2.05, 4.69) is 27.9 Å². The molecule has 4 rings (SSSR count). The molecule has 0 radical (unpaired) electrons. The number of carbonyl (C=O) groups is 2. The predicted molar refractivity (Wildman–Crippen MR) is 162 cm³/mol. The molecule has 39 heavy (non-hydrogen) atoms. The van der Waals surface area contributed by atoms with Gasteiger partial charge in [-0.3, -0.25) is 9.59 Å². The van der Waals surface area contributed by atoms with Gasteiger partial charge in [0.05, 0.1) is 5.56 Å². The van der Waals surface area contributed by atoms with Crippen molar-refractivity contribution in [3.8, 4) is 0 Å². The summed E-state index contributed by atoms with van der Waals surface area (Å²) in [6.07, 6.45) is 5.03. The van der Waals surface area contributed by atoms with Crippen molar-refractivity contribution in [3.05, 3.63) is 119 Å². The van der Waals surface area contributed by atoms with Crippen LogP contribution in [0.25, 0.3) is 0 Å². The highest BCUT2D eigenvalue weighted by molar-refractivity contribution is 6.29. The molecule has 0 unspecified atom stereocenters. The number of nitrogens with one attached hydrogen (secondary N) is 3. The number of amides is 2. The Balaban J connectivity index is 0.000000223. The van der Waals surface area contributed by atoms with Crippen LogP contribution in [0.1, 0.15) is 58.0 Å². The van der Waals surface area contributed by atoms with Crippen molar-refractivity contribution in [3.63, 3.8) is 0 Å². The van der Waals surface area contributed by atoms with E-state index < -0.39 is 0 Å². The van der Waals surface area contributed by atoms with Gasteiger partial charge in [0.15, 0.2) is 0 Å². The Hall–Kier alpha value is -4.16. The number of anilines is 3. The molecular weight excluding hydrogens is 508 g/mol. The lowest BCUT2D eigenvalue weighted by molar-refractivity contribution is 0.101. The Labute approximate surface area is 235 Å². The molecule has 6 nitrogen and oxygen atoms in total. The van der Waals surface area contributed by atoms with Crippen molar-refractivity contribution in [1.82, 2.24) is 4.98 Å². The summed E-state index contributed by atoms with van der Waals surface area (Å²) < 4.78 is 0. The highest BCUT2D eigenvalue weighted by Gasteiger charge is 2.07. The van der Waals surface area contributed by atoms with Gasteiger partial charge in [-0.1, -0.05) is 72.8 Å². The predicted octanol–water partition coefficient (Wildman–Crippen LogP) is 8.15. The zero-order chi connectivity index (χ0) is 28.0. The van der Waals surface area contributed by atoms with Gasteiger partial charge in [0.1, 0.15) is 5.15 Å². The average Bonchev–Trinajstić information content (AvgIpc) is 2.94. The third kappa shape index (κ3) is 10.3. The molecule has 0 fully saturated rings. The van der Waals surface area contributed by atoms with Gasteiger partial charge in [-0.15, -0.1) is 0 Å². The van der Waals surface area contributed by atoms with Gasteiger partial charge >= 0.3 is 0 Å². The number of aromatic nitrogens is 1. The van der Waals surface area contributed by atoms with E-state index in [0.29, 0.717) is 16.3 Å². The minimum absolute atomic E-state index is 0.0824. The van der Waals surface area contributed by atoms with Gasteiger partial charge in [-0.05, 0) is 74.9 Å². The number of benzene rings is 3. The number of nitrogens with zero attached hydrogens (tertiary/aromatic N) is 1. The molecule has 1 heterocycles. The Morgan fingerprint density at radius 2 is 1.31 bits per heavy atom. The number of aryl methyl sites for hydroxylation is 2. The molecule has 0 aliphatic heterocycles. The molecule has 2 amide bonds. The Morgan fingerprint density at radius 1 is 0.718 bits per heavy atom. The second-order valence-corrected chi connectivity index (χ2v) is 9.61. The summed E-state index contributed by atoms with van der Waals surface area (Å²) in [6, 6.07) is 26.3. The van der Waals surface area contributed by atoms with Crippen LogP contribution >= 0.6 is 11.6 Å². The molecule has 0 saturated heterocycles. The molecule has 0 aliphatic carbocycles. The van der Waals surface area contributed by atoms with Crippen molar-refractivity contribution in [2.45, 2.75) is 40.0 Å².